The van der Waals surface area contributed by atoms with Crippen LogP contribution >= 0.6 is 11.6 Å². The molecule has 30 heavy (non-hydrogen) atoms. The molecule has 1 unspecified atom stereocenters. The molecule has 1 atom stereocenters. The molecule has 1 aliphatic heterocycles. The van der Waals surface area contributed by atoms with E-state index < -0.39 is 11.7 Å². The van der Waals surface area contributed by atoms with Gasteiger partial charge in [-0.2, -0.15) is 13.2 Å². The van der Waals surface area contributed by atoms with E-state index in [2.05, 4.69) is 9.89 Å². The molecule has 0 N–H and O–H groups in total. The van der Waals surface area contributed by atoms with Gasteiger partial charge in [0.2, 0.25) is 0 Å². The average Bonchev–Trinajstić information content (AvgIpc) is 2.72. The van der Waals surface area contributed by atoms with Gasteiger partial charge in [-0.1, -0.05) is 23.7 Å². The summed E-state index contributed by atoms with van der Waals surface area (Å²) in [7, 11) is 1.60. The number of halogens is 4. The van der Waals surface area contributed by atoms with Gasteiger partial charge in [-0.25, -0.2) is 4.99 Å². The fourth-order valence-corrected chi connectivity index (χ4v) is 3.55. The van der Waals surface area contributed by atoms with E-state index in [0.29, 0.717) is 17.1 Å². The van der Waals surface area contributed by atoms with Crippen LogP contribution in [0.5, 0.6) is 5.75 Å². The van der Waals surface area contributed by atoms with E-state index in [-0.39, 0.29) is 6.04 Å². The van der Waals surface area contributed by atoms with E-state index in [1.807, 2.05) is 48.5 Å². The van der Waals surface area contributed by atoms with Crippen LogP contribution in [0.1, 0.15) is 23.6 Å². The van der Waals surface area contributed by atoms with Crippen molar-refractivity contribution in [2.24, 2.45) is 4.99 Å². The Hall–Kier alpha value is -2.99. The summed E-state index contributed by atoms with van der Waals surface area (Å²) in [4.78, 5) is 6.67. The molecule has 0 saturated carbocycles. The van der Waals surface area contributed by atoms with Crippen molar-refractivity contribution >= 4 is 28.8 Å². The highest BCUT2D eigenvalue weighted by atomic mass is 35.5. The topological polar surface area (TPSA) is 24.8 Å². The fourth-order valence-electron chi connectivity index (χ4n) is 3.43. The zero-order chi connectivity index (χ0) is 21.3. The van der Waals surface area contributed by atoms with Crippen LogP contribution in [-0.2, 0) is 6.18 Å². The van der Waals surface area contributed by atoms with Gasteiger partial charge in [0.15, 0.2) is 0 Å². The van der Waals surface area contributed by atoms with Gasteiger partial charge in [-0.15, -0.1) is 0 Å². The first kappa shape index (κ1) is 20.3. The maximum atomic E-state index is 12.8. The molecule has 3 aromatic carbocycles. The molecule has 3 aromatic rings. The minimum atomic E-state index is -4.36. The molecule has 1 aliphatic rings. The van der Waals surface area contributed by atoms with Crippen molar-refractivity contribution in [1.29, 1.82) is 0 Å². The second-order valence-electron chi connectivity index (χ2n) is 6.91. The monoisotopic (exact) mass is 430 g/mol. The van der Waals surface area contributed by atoms with Gasteiger partial charge < -0.3 is 9.64 Å². The van der Waals surface area contributed by atoms with Crippen LogP contribution in [0.4, 0.5) is 24.5 Å². The molecule has 7 heteroatoms. The second-order valence-corrected chi connectivity index (χ2v) is 7.35. The van der Waals surface area contributed by atoms with Crippen LogP contribution in [-0.4, -0.2) is 12.9 Å². The molecule has 0 radical (unpaired) electrons. The Morgan fingerprint density at radius 2 is 1.57 bits per heavy atom. The molecule has 4 rings (SSSR count). The van der Waals surface area contributed by atoms with Gasteiger partial charge in [-0.3, -0.25) is 0 Å². The number of anilines is 1. The molecule has 1 saturated heterocycles. The van der Waals surface area contributed by atoms with Crippen molar-refractivity contribution in [2.75, 3.05) is 12.0 Å². The largest absolute Gasteiger partial charge is 0.497 e. The van der Waals surface area contributed by atoms with Crippen molar-refractivity contribution in [2.45, 2.75) is 18.6 Å². The molecule has 0 spiro atoms. The molecule has 154 valence electrons. The smallest absolute Gasteiger partial charge is 0.416 e. The highest BCUT2D eigenvalue weighted by molar-refractivity contribution is 6.30. The van der Waals surface area contributed by atoms with Crippen LogP contribution in [0.3, 0.4) is 0 Å². The van der Waals surface area contributed by atoms with Crippen LogP contribution in [0.2, 0.25) is 5.02 Å². The number of hydrogen-bond acceptors (Lipinski definition) is 2. The number of rotatable bonds is 4. The van der Waals surface area contributed by atoms with E-state index in [1.165, 1.54) is 12.1 Å². The van der Waals surface area contributed by atoms with Crippen molar-refractivity contribution in [3.05, 3.63) is 88.9 Å². The Bertz CT molecular complexity index is 1050. The lowest BCUT2D eigenvalue weighted by atomic mass is 9.92. The normalized spacial score (nSPS) is 17.7. The lowest BCUT2D eigenvalue weighted by Crippen LogP contribution is -2.46. The Morgan fingerprint density at radius 1 is 0.933 bits per heavy atom. The first-order valence-corrected chi connectivity index (χ1v) is 9.66. The first-order chi connectivity index (χ1) is 14.3. The lowest BCUT2D eigenvalue weighted by Gasteiger charge is -2.44. The van der Waals surface area contributed by atoms with Gasteiger partial charge in [0, 0.05) is 17.1 Å². The predicted molar refractivity (Wildman–Crippen MR) is 113 cm³/mol. The van der Waals surface area contributed by atoms with Crippen molar-refractivity contribution in [3.8, 4) is 5.75 Å². The molecular weight excluding hydrogens is 413 g/mol. The summed E-state index contributed by atoms with van der Waals surface area (Å²) < 4.78 is 43.7. The fraction of sp³-hybridized carbons (Fsp3) is 0.174. The third-order valence-corrected chi connectivity index (χ3v) is 5.28. The van der Waals surface area contributed by atoms with Gasteiger partial charge in [0.1, 0.15) is 11.6 Å². The molecule has 0 amide bonds. The zero-order valence-corrected chi connectivity index (χ0v) is 16.8. The average molecular weight is 431 g/mol. The summed E-state index contributed by atoms with van der Waals surface area (Å²) in [5, 5.41) is 0.660. The molecule has 1 heterocycles. The van der Waals surface area contributed by atoms with Crippen LogP contribution in [0.25, 0.3) is 0 Å². The molecular formula is C23H18ClF3N2O. The van der Waals surface area contributed by atoms with E-state index in [1.54, 1.807) is 7.11 Å². The summed E-state index contributed by atoms with van der Waals surface area (Å²) in [5.41, 5.74) is 1.80. The number of benzene rings is 3. The van der Waals surface area contributed by atoms with Crippen molar-refractivity contribution in [3.63, 3.8) is 0 Å². The molecule has 0 aromatic heterocycles. The summed E-state index contributed by atoms with van der Waals surface area (Å²) in [6, 6.07) is 20.1. The quantitative estimate of drug-likeness (QED) is 0.443. The molecule has 1 fully saturated rings. The highest BCUT2D eigenvalue weighted by Gasteiger charge is 2.36. The number of alkyl halides is 3. The number of aliphatic imine (C=N–C) groups is 1. The van der Waals surface area contributed by atoms with Crippen LogP contribution in [0, 0.1) is 0 Å². The lowest BCUT2D eigenvalue weighted by molar-refractivity contribution is -0.137. The summed E-state index contributed by atoms with van der Waals surface area (Å²) in [6.07, 6.45) is -3.70. The third-order valence-electron chi connectivity index (χ3n) is 5.02. The minimum Gasteiger partial charge on any atom is -0.497 e. The highest BCUT2D eigenvalue weighted by Crippen LogP contribution is 2.41. The first-order valence-electron chi connectivity index (χ1n) is 9.29. The third kappa shape index (κ3) is 4.14. The Balaban J connectivity index is 1.66. The summed E-state index contributed by atoms with van der Waals surface area (Å²) in [6.45, 7) is 0. The van der Waals surface area contributed by atoms with E-state index in [0.717, 1.165) is 35.0 Å². The number of methoxy groups -OCH3 is 1. The second kappa shape index (κ2) is 8.03. The minimum absolute atomic E-state index is 0.0591. The van der Waals surface area contributed by atoms with Crippen molar-refractivity contribution < 1.29 is 17.9 Å². The van der Waals surface area contributed by atoms with E-state index in [4.69, 9.17) is 16.3 Å². The zero-order valence-electron chi connectivity index (χ0n) is 16.0. The number of hydrogen-bond donors (Lipinski definition) is 0. The van der Waals surface area contributed by atoms with Gasteiger partial charge >= 0.3 is 6.18 Å². The standard InChI is InChI=1S/C23H18ClF3N2O/c1-30-20-12-10-19(11-13-20)29-21(15-2-6-17(24)7-3-15)14-22(29)28-18-8-4-16(5-9-18)23(25,26)27/h2-13,21H,14H2,1H3. The number of ether oxygens (including phenoxy) is 1. The maximum Gasteiger partial charge on any atom is 0.416 e. The van der Waals surface area contributed by atoms with Crippen LogP contribution < -0.4 is 9.64 Å². The summed E-state index contributed by atoms with van der Waals surface area (Å²) >= 11 is 6.01. The van der Waals surface area contributed by atoms with Gasteiger partial charge in [0.05, 0.1) is 24.4 Å². The SMILES string of the molecule is COc1ccc(N2C(=Nc3ccc(C(F)(F)F)cc3)CC2c2ccc(Cl)cc2)cc1. The van der Waals surface area contributed by atoms with Gasteiger partial charge in [0.25, 0.3) is 0 Å². The predicted octanol–water partition coefficient (Wildman–Crippen LogP) is 7.05. The number of amidine groups is 1. The van der Waals surface area contributed by atoms with Gasteiger partial charge in [-0.05, 0) is 66.2 Å². The van der Waals surface area contributed by atoms with Crippen molar-refractivity contribution in [1.82, 2.24) is 0 Å². The van der Waals surface area contributed by atoms with Crippen LogP contribution in [0.15, 0.2) is 77.8 Å². The number of nitrogens with zero attached hydrogens (tertiary/aromatic N) is 2. The molecule has 0 aliphatic carbocycles. The Labute approximate surface area is 177 Å². The van der Waals surface area contributed by atoms with E-state index in [9.17, 15) is 13.2 Å². The molecule has 3 nitrogen and oxygen atoms in total. The van der Waals surface area contributed by atoms with E-state index >= 15 is 0 Å². The Kier molecular flexibility index (Phi) is 5.43. The summed E-state index contributed by atoms with van der Waals surface area (Å²) in [5.74, 6) is 1.52. The maximum absolute atomic E-state index is 12.8. The Morgan fingerprint density at radius 3 is 2.13 bits per heavy atom. The molecule has 0 bridgehead atoms.